The Balaban J connectivity index is 1.63. The number of methoxy groups -OCH3 is 1. The van der Waals surface area contributed by atoms with Crippen LogP contribution in [0.2, 0.25) is 5.02 Å². The minimum absolute atomic E-state index is 0.0299. The number of amides is 2. The molecule has 0 aliphatic carbocycles. The second-order valence-electron chi connectivity index (χ2n) is 8.62. The van der Waals surface area contributed by atoms with Gasteiger partial charge in [-0.3, -0.25) is 4.79 Å². The molecule has 0 bridgehead atoms. The molecule has 2 aromatic carbocycles. The van der Waals surface area contributed by atoms with Crippen molar-refractivity contribution in [3.05, 3.63) is 70.5 Å². The van der Waals surface area contributed by atoms with E-state index in [1.807, 2.05) is 0 Å². The summed E-state index contributed by atoms with van der Waals surface area (Å²) in [5.74, 6) is -2.07. The van der Waals surface area contributed by atoms with Crippen molar-refractivity contribution in [2.75, 3.05) is 26.7 Å². The summed E-state index contributed by atoms with van der Waals surface area (Å²) < 4.78 is 67.2. The Morgan fingerprint density at radius 3 is 2.40 bits per heavy atom. The van der Waals surface area contributed by atoms with E-state index in [-0.39, 0.29) is 43.4 Å². The van der Waals surface area contributed by atoms with Crippen LogP contribution in [0.5, 0.6) is 0 Å². The average Bonchev–Trinajstić information content (AvgIpc) is 2.80. The Morgan fingerprint density at radius 2 is 1.83 bits per heavy atom. The molecular formula is C24H23ClF4N2O4. The van der Waals surface area contributed by atoms with Crippen molar-refractivity contribution in [2.24, 2.45) is 0 Å². The quantitative estimate of drug-likeness (QED) is 0.597. The first-order valence-electron chi connectivity index (χ1n) is 10.9. The van der Waals surface area contributed by atoms with E-state index in [9.17, 15) is 27.2 Å². The molecule has 0 radical (unpaired) electrons. The summed E-state index contributed by atoms with van der Waals surface area (Å²) in [6.45, 7) is 0.00259. The molecule has 35 heavy (non-hydrogen) atoms. The fourth-order valence-corrected chi connectivity index (χ4v) is 5.17. The van der Waals surface area contributed by atoms with E-state index in [4.69, 9.17) is 21.1 Å². The van der Waals surface area contributed by atoms with Gasteiger partial charge in [-0.25, -0.2) is 9.18 Å². The summed E-state index contributed by atoms with van der Waals surface area (Å²) in [6, 6.07) is 10.7. The third-order valence-electron chi connectivity index (χ3n) is 6.79. The van der Waals surface area contributed by atoms with Gasteiger partial charge in [-0.15, -0.1) is 0 Å². The van der Waals surface area contributed by atoms with Crippen LogP contribution in [-0.4, -0.2) is 55.4 Å². The number of piperidine rings is 1. The molecule has 2 unspecified atom stereocenters. The zero-order chi connectivity index (χ0) is 25.4. The average molecular weight is 515 g/mol. The number of halogens is 5. The van der Waals surface area contributed by atoms with Crippen molar-refractivity contribution in [1.29, 1.82) is 0 Å². The first-order chi connectivity index (χ1) is 16.5. The number of carbonyl (C=O) groups is 2. The molecule has 2 atom stereocenters. The van der Waals surface area contributed by atoms with Crippen molar-refractivity contribution in [1.82, 2.24) is 10.2 Å². The Labute approximate surface area is 204 Å². The van der Waals surface area contributed by atoms with Crippen LogP contribution >= 0.6 is 11.6 Å². The molecule has 2 aliphatic heterocycles. The lowest BCUT2D eigenvalue weighted by atomic mass is 9.74. The fraction of sp³-hybridized carbons (Fsp3) is 0.417. The van der Waals surface area contributed by atoms with Crippen molar-refractivity contribution < 1.29 is 36.6 Å². The molecule has 2 fully saturated rings. The summed E-state index contributed by atoms with van der Waals surface area (Å²) in [5.41, 5.74) is -4.01. The number of alkyl carbamates (subject to hydrolysis) is 1. The molecule has 4 rings (SSSR count). The van der Waals surface area contributed by atoms with E-state index in [1.54, 1.807) is 12.1 Å². The van der Waals surface area contributed by atoms with Crippen molar-refractivity contribution in [3.8, 4) is 0 Å². The van der Waals surface area contributed by atoms with Crippen LogP contribution in [-0.2, 0) is 19.9 Å². The normalized spacial score (nSPS) is 21.7. The second kappa shape index (κ2) is 9.31. The second-order valence-corrected chi connectivity index (χ2v) is 9.06. The number of likely N-dealkylation sites (tertiary alicyclic amines) is 1. The minimum Gasteiger partial charge on any atom is -0.442 e. The maximum absolute atomic E-state index is 14.4. The summed E-state index contributed by atoms with van der Waals surface area (Å²) in [4.78, 5) is 26.6. The SMILES string of the molecule is COC(C(=O)N1CCC2(CC1)OC(=O)NCC2c1ccc(F)cc1)(c1cccc(Cl)c1)C(F)(F)F. The summed E-state index contributed by atoms with van der Waals surface area (Å²) in [6.07, 6.45) is -5.53. The van der Waals surface area contributed by atoms with Crippen LogP contribution in [0.3, 0.4) is 0 Å². The van der Waals surface area contributed by atoms with Crippen LogP contribution in [0.1, 0.15) is 29.9 Å². The fourth-order valence-electron chi connectivity index (χ4n) is 4.98. The first-order valence-corrected chi connectivity index (χ1v) is 11.3. The number of nitrogens with zero attached hydrogens (tertiary/aromatic N) is 1. The molecule has 0 aromatic heterocycles. The summed E-state index contributed by atoms with van der Waals surface area (Å²) >= 11 is 5.92. The van der Waals surface area contributed by atoms with Crippen molar-refractivity contribution >= 4 is 23.6 Å². The molecule has 1 spiro atoms. The summed E-state index contributed by atoms with van der Waals surface area (Å²) in [5, 5.41) is 2.64. The Hall–Kier alpha value is -2.85. The lowest BCUT2D eigenvalue weighted by molar-refractivity contribution is -0.271. The van der Waals surface area contributed by atoms with Gasteiger partial charge in [0.1, 0.15) is 11.4 Å². The van der Waals surface area contributed by atoms with Gasteiger partial charge in [0, 0.05) is 56.1 Å². The molecule has 6 nitrogen and oxygen atoms in total. The van der Waals surface area contributed by atoms with Gasteiger partial charge < -0.3 is 19.7 Å². The molecule has 2 saturated heterocycles. The summed E-state index contributed by atoms with van der Waals surface area (Å²) in [7, 11) is 0.830. The number of alkyl halides is 3. The van der Waals surface area contributed by atoms with Crippen LogP contribution in [0, 0.1) is 5.82 Å². The maximum atomic E-state index is 14.4. The van der Waals surface area contributed by atoms with Gasteiger partial charge in [0.25, 0.3) is 11.5 Å². The number of benzene rings is 2. The van der Waals surface area contributed by atoms with Gasteiger partial charge in [-0.05, 0) is 29.8 Å². The van der Waals surface area contributed by atoms with E-state index in [2.05, 4.69) is 5.32 Å². The minimum atomic E-state index is -5.07. The molecule has 2 heterocycles. The Morgan fingerprint density at radius 1 is 1.17 bits per heavy atom. The van der Waals surface area contributed by atoms with E-state index < -0.39 is 40.8 Å². The topological polar surface area (TPSA) is 67.9 Å². The molecule has 11 heteroatoms. The third kappa shape index (κ3) is 4.45. The molecular weight excluding hydrogens is 492 g/mol. The number of nitrogens with one attached hydrogen (secondary N) is 1. The number of hydrogen-bond donors (Lipinski definition) is 1. The zero-order valence-electron chi connectivity index (χ0n) is 18.7. The predicted octanol–water partition coefficient (Wildman–Crippen LogP) is 4.77. The number of hydrogen-bond acceptors (Lipinski definition) is 4. The van der Waals surface area contributed by atoms with Gasteiger partial charge >= 0.3 is 12.3 Å². The third-order valence-corrected chi connectivity index (χ3v) is 7.02. The van der Waals surface area contributed by atoms with Gasteiger partial charge in [-0.2, -0.15) is 13.2 Å². The van der Waals surface area contributed by atoms with Gasteiger partial charge in [0.05, 0.1) is 0 Å². The molecule has 2 amide bonds. The maximum Gasteiger partial charge on any atom is 0.430 e. The molecule has 2 aromatic rings. The van der Waals surface area contributed by atoms with Gasteiger partial charge in [0.15, 0.2) is 0 Å². The van der Waals surface area contributed by atoms with E-state index in [0.29, 0.717) is 5.56 Å². The lowest BCUT2D eigenvalue weighted by Crippen LogP contribution is -2.62. The Bertz CT molecular complexity index is 1100. The standard InChI is InChI=1S/C24H23ClF4N2O4/c1-34-23(24(27,28)29,16-3-2-4-17(25)13-16)20(32)31-11-9-22(10-12-31)19(14-30-21(33)35-22)15-5-7-18(26)8-6-15/h2-8,13,19H,9-12,14H2,1H3,(H,30,33). The molecule has 0 saturated carbocycles. The number of ether oxygens (including phenoxy) is 2. The van der Waals surface area contributed by atoms with Crippen LogP contribution in [0.25, 0.3) is 0 Å². The van der Waals surface area contributed by atoms with Crippen LogP contribution in [0.15, 0.2) is 48.5 Å². The molecule has 188 valence electrons. The molecule has 1 N–H and O–H groups in total. The number of carbonyl (C=O) groups excluding carboxylic acids is 2. The predicted molar refractivity (Wildman–Crippen MR) is 118 cm³/mol. The smallest absolute Gasteiger partial charge is 0.430 e. The number of rotatable bonds is 4. The first kappa shape index (κ1) is 25.2. The lowest BCUT2D eigenvalue weighted by Gasteiger charge is -2.49. The largest absolute Gasteiger partial charge is 0.442 e. The molecule has 2 aliphatic rings. The van der Waals surface area contributed by atoms with Gasteiger partial charge in [-0.1, -0.05) is 35.9 Å². The van der Waals surface area contributed by atoms with E-state index in [0.717, 1.165) is 24.1 Å². The van der Waals surface area contributed by atoms with Crippen molar-refractivity contribution in [2.45, 2.75) is 36.1 Å². The van der Waals surface area contributed by atoms with Crippen molar-refractivity contribution in [3.63, 3.8) is 0 Å². The zero-order valence-corrected chi connectivity index (χ0v) is 19.5. The monoisotopic (exact) mass is 514 g/mol. The van der Waals surface area contributed by atoms with Crippen LogP contribution < -0.4 is 5.32 Å². The highest BCUT2D eigenvalue weighted by Gasteiger charge is 2.64. The van der Waals surface area contributed by atoms with E-state index in [1.165, 1.54) is 24.3 Å². The van der Waals surface area contributed by atoms with Crippen LogP contribution in [0.4, 0.5) is 22.4 Å². The highest BCUT2D eigenvalue weighted by Crippen LogP contribution is 2.46. The highest BCUT2D eigenvalue weighted by molar-refractivity contribution is 6.30. The van der Waals surface area contributed by atoms with E-state index >= 15 is 0 Å². The highest BCUT2D eigenvalue weighted by atomic mass is 35.5. The Kier molecular flexibility index (Phi) is 6.72. The van der Waals surface area contributed by atoms with Gasteiger partial charge in [0.2, 0.25) is 0 Å².